The van der Waals surface area contributed by atoms with Gasteiger partial charge in [0, 0.05) is 5.54 Å². The van der Waals surface area contributed by atoms with E-state index in [9.17, 15) is 13.2 Å². The van der Waals surface area contributed by atoms with Gasteiger partial charge >= 0.3 is 6.18 Å². The summed E-state index contributed by atoms with van der Waals surface area (Å²) >= 11 is 0. The minimum absolute atomic E-state index is 0.244. The van der Waals surface area contributed by atoms with Crippen molar-refractivity contribution in [2.45, 2.75) is 63.1 Å². The van der Waals surface area contributed by atoms with Gasteiger partial charge in [0.2, 0.25) is 0 Å². The molecular weight excluding hydrogens is 239 g/mol. The summed E-state index contributed by atoms with van der Waals surface area (Å²) in [6, 6.07) is 0. The Morgan fingerprint density at radius 3 is 2.06 bits per heavy atom. The number of fused-ring (bicyclic) bond motifs is 2. The Morgan fingerprint density at radius 2 is 1.61 bits per heavy atom. The lowest BCUT2D eigenvalue weighted by atomic mass is 9.65. The molecule has 0 aromatic carbocycles. The highest BCUT2D eigenvalue weighted by Crippen LogP contribution is 2.55. The summed E-state index contributed by atoms with van der Waals surface area (Å²) in [7, 11) is 0. The van der Waals surface area contributed by atoms with Crippen LogP contribution in [0.5, 0.6) is 0 Å². The molecule has 0 aliphatic heterocycles. The number of halogens is 3. The van der Waals surface area contributed by atoms with Gasteiger partial charge in [-0.2, -0.15) is 13.2 Å². The summed E-state index contributed by atoms with van der Waals surface area (Å²) in [4.78, 5) is 0. The molecule has 2 N–H and O–H groups in total. The van der Waals surface area contributed by atoms with Crippen LogP contribution in [0.4, 0.5) is 13.2 Å². The van der Waals surface area contributed by atoms with E-state index in [0.717, 1.165) is 5.92 Å². The second-order valence-electron chi connectivity index (χ2n) is 6.83. The smallest absolute Gasteiger partial charge is 0.325 e. The summed E-state index contributed by atoms with van der Waals surface area (Å²) in [6.07, 6.45) is 2.66. The second kappa shape index (κ2) is 4.12. The first-order chi connectivity index (χ1) is 8.38. The van der Waals surface area contributed by atoms with Crippen molar-refractivity contribution in [1.29, 1.82) is 0 Å². The molecule has 0 spiro atoms. The number of nitrogens with two attached hydrogens (primary N) is 1. The van der Waals surface area contributed by atoms with E-state index in [1.165, 1.54) is 25.7 Å². The maximum absolute atomic E-state index is 12.7. The maximum atomic E-state index is 12.7. The van der Waals surface area contributed by atoms with Gasteiger partial charge in [0.05, 0.1) is 5.92 Å². The third-order valence-electron chi connectivity index (χ3n) is 5.86. The molecule has 4 heteroatoms. The number of alkyl halides is 3. The average Bonchev–Trinajstić information content (AvgIpc) is 2.90. The highest BCUT2D eigenvalue weighted by molar-refractivity contribution is 5.04. The van der Waals surface area contributed by atoms with Gasteiger partial charge in [-0.1, -0.05) is 6.42 Å². The van der Waals surface area contributed by atoms with Crippen molar-refractivity contribution in [2.24, 2.45) is 29.4 Å². The highest BCUT2D eigenvalue weighted by Gasteiger charge is 2.52. The third-order valence-corrected chi connectivity index (χ3v) is 5.86. The van der Waals surface area contributed by atoms with Crippen LogP contribution in [-0.2, 0) is 0 Å². The molecule has 3 rings (SSSR count). The normalized spacial score (nSPS) is 48.7. The van der Waals surface area contributed by atoms with E-state index < -0.39 is 12.1 Å². The van der Waals surface area contributed by atoms with Gasteiger partial charge < -0.3 is 5.73 Å². The fourth-order valence-corrected chi connectivity index (χ4v) is 4.80. The lowest BCUT2D eigenvalue weighted by Crippen LogP contribution is -2.52. The lowest BCUT2D eigenvalue weighted by Gasteiger charge is -2.45. The van der Waals surface area contributed by atoms with E-state index in [2.05, 4.69) is 0 Å². The van der Waals surface area contributed by atoms with Gasteiger partial charge in [0.25, 0.3) is 0 Å². The predicted octanol–water partition coefficient (Wildman–Crippen LogP) is 3.87. The summed E-state index contributed by atoms with van der Waals surface area (Å²) in [5.74, 6) is 0.932. The van der Waals surface area contributed by atoms with Crippen LogP contribution in [0.15, 0.2) is 0 Å². The Morgan fingerprint density at radius 1 is 0.944 bits per heavy atom. The Labute approximate surface area is 106 Å². The molecule has 104 valence electrons. The minimum atomic E-state index is -4.02. The molecule has 3 unspecified atom stereocenters. The zero-order valence-corrected chi connectivity index (χ0v) is 10.7. The van der Waals surface area contributed by atoms with Crippen molar-refractivity contribution in [3.8, 4) is 0 Å². The molecule has 0 heterocycles. The molecule has 0 aromatic rings. The zero-order chi connectivity index (χ0) is 13.0. The number of rotatable bonds is 1. The summed E-state index contributed by atoms with van der Waals surface area (Å²) < 4.78 is 38.0. The lowest BCUT2D eigenvalue weighted by molar-refractivity contribution is -0.186. The molecule has 1 nitrogen and oxygen atoms in total. The molecule has 0 radical (unpaired) electrons. The fraction of sp³-hybridized carbons (Fsp3) is 1.00. The molecule has 2 bridgehead atoms. The van der Waals surface area contributed by atoms with E-state index in [4.69, 9.17) is 5.73 Å². The average molecular weight is 261 g/mol. The first-order valence-electron chi connectivity index (χ1n) is 7.24. The molecule has 3 atom stereocenters. The van der Waals surface area contributed by atoms with Gasteiger partial charge in [-0.15, -0.1) is 0 Å². The van der Waals surface area contributed by atoms with E-state index >= 15 is 0 Å². The number of hydrogen-bond acceptors (Lipinski definition) is 1. The van der Waals surface area contributed by atoms with Gasteiger partial charge in [-0.05, 0) is 62.7 Å². The highest BCUT2D eigenvalue weighted by atomic mass is 19.4. The van der Waals surface area contributed by atoms with Crippen LogP contribution in [0.25, 0.3) is 0 Å². The molecule has 0 saturated heterocycles. The number of hydrogen-bond donors (Lipinski definition) is 1. The van der Waals surface area contributed by atoms with Crippen molar-refractivity contribution >= 4 is 0 Å². The maximum Gasteiger partial charge on any atom is 0.391 e. The van der Waals surface area contributed by atoms with E-state index in [1.807, 2.05) is 0 Å². The predicted molar refractivity (Wildman–Crippen MR) is 63.9 cm³/mol. The van der Waals surface area contributed by atoms with Gasteiger partial charge in [0.15, 0.2) is 0 Å². The van der Waals surface area contributed by atoms with Crippen molar-refractivity contribution in [3.05, 3.63) is 0 Å². The SMILES string of the molecule is NC1(C2CC3CCC2C3)CCC(C(F)(F)F)CC1. The third kappa shape index (κ3) is 2.06. The van der Waals surface area contributed by atoms with Crippen LogP contribution < -0.4 is 5.73 Å². The Hall–Kier alpha value is -0.250. The molecule has 18 heavy (non-hydrogen) atoms. The Kier molecular flexibility index (Phi) is 2.92. The zero-order valence-electron chi connectivity index (χ0n) is 10.7. The topological polar surface area (TPSA) is 26.0 Å². The minimum Gasteiger partial charge on any atom is -0.325 e. The van der Waals surface area contributed by atoms with Gasteiger partial charge in [-0.3, -0.25) is 0 Å². The van der Waals surface area contributed by atoms with E-state index in [1.54, 1.807) is 0 Å². The Balaban J connectivity index is 1.64. The molecule has 0 amide bonds. The van der Waals surface area contributed by atoms with Crippen molar-refractivity contribution in [2.75, 3.05) is 0 Å². The van der Waals surface area contributed by atoms with Crippen LogP contribution >= 0.6 is 0 Å². The molecule has 3 aliphatic rings. The van der Waals surface area contributed by atoms with Crippen molar-refractivity contribution in [3.63, 3.8) is 0 Å². The summed E-state index contributed by atoms with van der Waals surface area (Å²) in [5, 5.41) is 0. The molecular formula is C14H22F3N. The fourth-order valence-electron chi connectivity index (χ4n) is 4.80. The molecule has 3 saturated carbocycles. The van der Waals surface area contributed by atoms with Crippen molar-refractivity contribution in [1.82, 2.24) is 0 Å². The van der Waals surface area contributed by atoms with Crippen LogP contribution in [0, 0.1) is 23.7 Å². The molecule has 0 aromatic heterocycles. The van der Waals surface area contributed by atoms with E-state index in [0.29, 0.717) is 24.7 Å². The summed E-state index contributed by atoms with van der Waals surface area (Å²) in [5.41, 5.74) is 6.20. The first kappa shape index (κ1) is 12.8. The monoisotopic (exact) mass is 261 g/mol. The van der Waals surface area contributed by atoms with Crippen molar-refractivity contribution < 1.29 is 13.2 Å². The van der Waals surface area contributed by atoms with Gasteiger partial charge in [-0.25, -0.2) is 0 Å². The largest absolute Gasteiger partial charge is 0.391 e. The summed E-state index contributed by atoms with van der Waals surface area (Å²) in [6.45, 7) is 0. The van der Waals surface area contributed by atoms with Crippen LogP contribution in [0.3, 0.4) is 0 Å². The van der Waals surface area contributed by atoms with Gasteiger partial charge in [0.1, 0.15) is 0 Å². The first-order valence-corrected chi connectivity index (χ1v) is 7.24. The quantitative estimate of drug-likeness (QED) is 0.761. The standard InChI is InChI=1S/C14H22F3N/c15-14(16,17)11-3-5-13(18,6-4-11)12-8-9-1-2-10(12)7-9/h9-12H,1-8,18H2. The molecule has 3 fully saturated rings. The second-order valence-corrected chi connectivity index (χ2v) is 6.83. The molecule has 3 aliphatic carbocycles. The van der Waals surface area contributed by atoms with Crippen LogP contribution in [-0.4, -0.2) is 11.7 Å². The Bertz CT molecular complexity index is 317. The van der Waals surface area contributed by atoms with E-state index in [-0.39, 0.29) is 18.4 Å². The van der Waals surface area contributed by atoms with Crippen LogP contribution in [0.2, 0.25) is 0 Å². The van der Waals surface area contributed by atoms with Crippen LogP contribution in [0.1, 0.15) is 51.4 Å².